The molecule has 1 fully saturated rings. The van der Waals surface area contributed by atoms with Crippen molar-refractivity contribution in [3.63, 3.8) is 0 Å². The van der Waals surface area contributed by atoms with Gasteiger partial charge in [-0.25, -0.2) is 8.42 Å². The predicted molar refractivity (Wildman–Crippen MR) is 106 cm³/mol. The largest absolute Gasteiger partial charge is 0.495 e. The summed E-state index contributed by atoms with van der Waals surface area (Å²) in [5.74, 6) is 0.356. The van der Waals surface area contributed by atoms with Crippen LogP contribution in [0.1, 0.15) is 36.6 Å². The van der Waals surface area contributed by atoms with Gasteiger partial charge in [0.1, 0.15) is 10.6 Å². The van der Waals surface area contributed by atoms with E-state index >= 15 is 0 Å². The second-order valence-corrected chi connectivity index (χ2v) is 9.54. The number of hydrogen-bond acceptors (Lipinski definition) is 4. The Hall–Kier alpha value is -1.89. The topological polar surface area (TPSA) is 55.8 Å². The summed E-state index contributed by atoms with van der Waals surface area (Å²) in [5.41, 5.74) is 2.35. The third kappa shape index (κ3) is 3.88. The molecule has 1 aliphatic rings. The molecule has 1 heterocycles. The highest BCUT2D eigenvalue weighted by Gasteiger charge is 2.44. The molecule has 2 aromatic carbocycles. The Morgan fingerprint density at radius 1 is 1.07 bits per heavy atom. The molecule has 3 rings (SSSR count). The van der Waals surface area contributed by atoms with E-state index in [2.05, 4.69) is 0 Å². The predicted octanol–water partition coefficient (Wildman–Crippen LogP) is 3.85. The summed E-state index contributed by atoms with van der Waals surface area (Å²) in [7, 11) is -2.27. The molecule has 2 aromatic rings. The van der Waals surface area contributed by atoms with Gasteiger partial charge in [-0.15, -0.1) is 0 Å². The lowest BCUT2D eigenvalue weighted by Gasteiger charge is -2.44. The smallest absolute Gasteiger partial charge is 0.247 e. The van der Waals surface area contributed by atoms with Crippen LogP contribution in [0.5, 0.6) is 5.75 Å². The molecule has 1 atom stereocenters. The minimum absolute atomic E-state index is 0.197. The number of nitrogens with zero attached hydrogens (tertiary/aromatic N) is 1. The molecule has 6 heteroatoms. The second-order valence-electron chi connectivity index (χ2n) is 7.71. The van der Waals surface area contributed by atoms with Crippen LogP contribution in [0, 0.1) is 13.8 Å². The van der Waals surface area contributed by atoms with E-state index in [9.17, 15) is 8.42 Å². The van der Waals surface area contributed by atoms with Crippen molar-refractivity contribution in [2.75, 3.05) is 20.3 Å². The van der Waals surface area contributed by atoms with Crippen LogP contribution >= 0.6 is 0 Å². The molecule has 0 bridgehead atoms. The fourth-order valence-electron chi connectivity index (χ4n) is 3.34. The van der Waals surface area contributed by atoms with Crippen LogP contribution < -0.4 is 4.74 Å². The highest BCUT2D eigenvalue weighted by molar-refractivity contribution is 7.89. The van der Waals surface area contributed by atoms with Crippen molar-refractivity contribution in [2.24, 2.45) is 0 Å². The second kappa shape index (κ2) is 7.26. The number of aryl methyl sites for hydroxylation is 2. The Kier molecular flexibility index (Phi) is 5.34. The maximum absolute atomic E-state index is 13.6. The van der Waals surface area contributed by atoms with Gasteiger partial charge in [-0.2, -0.15) is 4.31 Å². The maximum atomic E-state index is 13.6. The summed E-state index contributed by atoms with van der Waals surface area (Å²) in [6.45, 7) is 8.25. The van der Waals surface area contributed by atoms with Gasteiger partial charge in [0.15, 0.2) is 0 Å². The molecule has 0 aromatic heterocycles. The van der Waals surface area contributed by atoms with Gasteiger partial charge in [0.05, 0.1) is 25.4 Å². The fourth-order valence-corrected chi connectivity index (χ4v) is 5.35. The van der Waals surface area contributed by atoms with Crippen molar-refractivity contribution in [1.29, 1.82) is 0 Å². The number of benzene rings is 2. The van der Waals surface area contributed by atoms with Gasteiger partial charge in [0.25, 0.3) is 0 Å². The highest BCUT2D eigenvalue weighted by atomic mass is 32.2. The number of sulfonamides is 1. The van der Waals surface area contributed by atoms with E-state index in [1.807, 2.05) is 58.0 Å². The van der Waals surface area contributed by atoms with E-state index in [-0.39, 0.29) is 17.5 Å². The molecule has 0 radical (unpaired) electrons. The third-order valence-electron chi connectivity index (χ3n) is 4.98. The van der Waals surface area contributed by atoms with Crippen LogP contribution in [0.15, 0.2) is 47.4 Å². The summed E-state index contributed by atoms with van der Waals surface area (Å²) in [4.78, 5) is 0.197. The first kappa shape index (κ1) is 19.9. The molecule has 1 saturated heterocycles. The first-order valence-corrected chi connectivity index (χ1v) is 10.4. The van der Waals surface area contributed by atoms with Gasteiger partial charge in [0, 0.05) is 6.54 Å². The Morgan fingerprint density at radius 2 is 1.70 bits per heavy atom. The number of ether oxygens (including phenoxy) is 2. The van der Waals surface area contributed by atoms with Gasteiger partial charge in [-0.05, 0) is 51.0 Å². The van der Waals surface area contributed by atoms with Crippen molar-refractivity contribution in [3.05, 3.63) is 59.2 Å². The summed E-state index contributed by atoms with van der Waals surface area (Å²) in [6.07, 6.45) is -0.302. The Morgan fingerprint density at radius 3 is 2.33 bits per heavy atom. The molecule has 0 aliphatic carbocycles. The van der Waals surface area contributed by atoms with Crippen LogP contribution in [0.4, 0.5) is 0 Å². The number of rotatable bonds is 4. The molecule has 1 unspecified atom stereocenters. The van der Waals surface area contributed by atoms with Crippen LogP contribution in [0.2, 0.25) is 0 Å². The van der Waals surface area contributed by atoms with Crippen LogP contribution in [-0.2, 0) is 14.8 Å². The molecule has 146 valence electrons. The first-order chi connectivity index (χ1) is 12.6. The molecule has 0 N–H and O–H groups in total. The maximum Gasteiger partial charge on any atom is 0.247 e. The fraction of sp³-hybridized carbons (Fsp3) is 0.429. The molecule has 0 saturated carbocycles. The average Bonchev–Trinajstić information content (AvgIpc) is 2.62. The molecule has 0 spiro atoms. The lowest BCUT2D eigenvalue weighted by molar-refractivity contribution is -0.0655. The van der Waals surface area contributed by atoms with E-state index in [0.29, 0.717) is 12.4 Å². The number of morpholine rings is 1. The average molecular weight is 390 g/mol. The monoisotopic (exact) mass is 389 g/mol. The van der Waals surface area contributed by atoms with Gasteiger partial charge < -0.3 is 9.47 Å². The van der Waals surface area contributed by atoms with Crippen LogP contribution in [0.3, 0.4) is 0 Å². The van der Waals surface area contributed by atoms with Gasteiger partial charge in [0.2, 0.25) is 10.0 Å². The van der Waals surface area contributed by atoms with E-state index in [0.717, 1.165) is 16.7 Å². The van der Waals surface area contributed by atoms with Crippen molar-refractivity contribution < 1.29 is 17.9 Å². The molecular formula is C21H27NO4S. The molecule has 27 heavy (non-hydrogen) atoms. The molecular weight excluding hydrogens is 362 g/mol. The van der Waals surface area contributed by atoms with Crippen molar-refractivity contribution >= 4 is 10.0 Å². The van der Waals surface area contributed by atoms with Gasteiger partial charge in [-0.3, -0.25) is 0 Å². The Bertz CT molecular complexity index is 920. The van der Waals surface area contributed by atoms with E-state index in [1.54, 1.807) is 16.4 Å². The highest BCUT2D eigenvalue weighted by Crippen LogP contribution is 2.37. The molecule has 5 nitrogen and oxygen atoms in total. The van der Waals surface area contributed by atoms with Gasteiger partial charge >= 0.3 is 0 Å². The zero-order valence-electron chi connectivity index (χ0n) is 16.5. The Labute approximate surface area is 162 Å². The van der Waals surface area contributed by atoms with Crippen LogP contribution in [-0.4, -0.2) is 38.5 Å². The van der Waals surface area contributed by atoms with E-state index in [4.69, 9.17) is 9.47 Å². The standard InChI is InChI=1S/C21H27NO4S/c1-15-6-9-17(10-7-15)19-13-22(21(3,4)14-26-19)27(23,24)20-12-16(2)8-11-18(20)25-5/h6-12,19H,13-14H2,1-5H3. The minimum Gasteiger partial charge on any atom is -0.495 e. The van der Waals surface area contributed by atoms with Crippen molar-refractivity contribution in [2.45, 2.75) is 44.2 Å². The van der Waals surface area contributed by atoms with Gasteiger partial charge in [-0.1, -0.05) is 35.9 Å². The minimum atomic E-state index is -3.76. The molecule has 0 amide bonds. The summed E-state index contributed by atoms with van der Waals surface area (Å²) < 4.78 is 40.0. The zero-order chi connectivity index (χ0) is 19.8. The van der Waals surface area contributed by atoms with Crippen LogP contribution in [0.25, 0.3) is 0 Å². The van der Waals surface area contributed by atoms with Crippen molar-refractivity contribution in [3.8, 4) is 5.75 Å². The third-order valence-corrected chi connectivity index (χ3v) is 7.08. The SMILES string of the molecule is COc1ccc(C)cc1S(=O)(=O)N1CC(c2ccc(C)cc2)OCC1(C)C. The summed E-state index contributed by atoms with van der Waals surface area (Å²) in [5, 5.41) is 0. The van der Waals surface area contributed by atoms with E-state index < -0.39 is 15.6 Å². The number of hydrogen-bond donors (Lipinski definition) is 0. The lowest BCUT2D eigenvalue weighted by atomic mass is 10.0. The Balaban J connectivity index is 2.01. The van der Waals surface area contributed by atoms with E-state index in [1.165, 1.54) is 7.11 Å². The quantitative estimate of drug-likeness (QED) is 0.797. The van der Waals surface area contributed by atoms with Crippen molar-refractivity contribution in [1.82, 2.24) is 4.31 Å². The normalized spacial score (nSPS) is 20.4. The lowest BCUT2D eigenvalue weighted by Crippen LogP contribution is -2.56. The first-order valence-electron chi connectivity index (χ1n) is 9.01. The summed E-state index contributed by atoms with van der Waals surface area (Å²) >= 11 is 0. The number of methoxy groups -OCH3 is 1. The zero-order valence-corrected chi connectivity index (χ0v) is 17.3. The molecule has 1 aliphatic heterocycles. The summed E-state index contributed by atoms with van der Waals surface area (Å²) in [6, 6.07) is 13.2.